The van der Waals surface area contributed by atoms with Gasteiger partial charge in [0.1, 0.15) is 11.0 Å². The predicted molar refractivity (Wildman–Crippen MR) is 63.2 cm³/mol. The topological polar surface area (TPSA) is 85.2 Å². The molecule has 16 heavy (non-hydrogen) atoms. The van der Waals surface area contributed by atoms with Gasteiger partial charge in [-0.25, -0.2) is 4.98 Å². The summed E-state index contributed by atoms with van der Waals surface area (Å²) in [5.41, 5.74) is 11.5. The number of halogens is 1. The Morgan fingerprint density at radius 2 is 2.31 bits per heavy atom. The van der Waals surface area contributed by atoms with Gasteiger partial charge < -0.3 is 16.4 Å². The Morgan fingerprint density at radius 3 is 2.88 bits per heavy atom. The third-order valence-corrected chi connectivity index (χ3v) is 2.91. The third kappa shape index (κ3) is 2.19. The van der Waals surface area contributed by atoms with E-state index in [4.69, 9.17) is 23.1 Å². The fourth-order valence-corrected chi connectivity index (χ4v) is 2.08. The molecule has 0 bridgehead atoms. The van der Waals surface area contributed by atoms with E-state index < -0.39 is 0 Å². The van der Waals surface area contributed by atoms with E-state index in [9.17, 15) is 4.79 Å². The second kappa shape index (κ2) is 4.17. The molecule has 0 spiro atoms. The Labute approximate surface area is 98.4 Å². The lowest BCUT2D eigenvalue weighted by Crippen LogP contribution is -2.27. The number of rotatable bonds is 2. The molecule has 4 N–H and O–H groups in total. The first-order valence-corrected chi connectivity index (χ1v) is 5.41. The minimum absolute atomic E-state index is 0.109. The molecule has 6 heteroatoms. The van der Waals surface area contributed by atoms with Crippen molar-refractivity contribution in [3.05, 3.63) is 17.3 Å². The van der Waals surface area contributed by atoms with E-state index in [1.807, 2.05) is 4.90 Å². The van der Waals surface area contributed by atoms with Gasteiger partial charge >= 0.3 is 0 Å². The van der Waals surface area contributed by atoms with E-state index in [0.717, 1.165) is 13.0 Å². The van der Waals surface area contributed by atoms with Gasteiger partial charge in [-0.2, -0.15) is 0 Å². The number of nitrogens with zero attached hydrogens (tertiary/aromatic N) is 2. The molecule has 0 radical (unpaired) electrons. The van der Waals surface area contributed by atoms with Crippen molar-refractivity contribution in [2.24, 2.45) is 11.7 Å². The van der Waals surface area contributed by atoms with Crippen LogP contribution in [0.5, 0.6) is 0 Å². The zero-order valence-corrected chi connectivity index (χ0v) is 9.44. The van der Waals surface area contributed by atoms with Crippen LogP contribution in [0, 0.1) is 5.92 Å². The molecular formula is C10H13ClN4O. The highest BCUT2D eigenvalue weighted by molar-refractivity contribution is 6.29. The molecule has 1 amide bonds. The molecule has 0 aliphatic carbocycles. The van der Waals surface area contributed by atoms with Crippen molar-refractivity contribution in [3.63, 3.8) is 0 Å². The highest BCUT2D eigenvalue weighted by Gasteiger charge is 2.27. The van der Waals surface area contributed by atoms with Crippen LogP contribution in [0.1, 0.15) is 6.42 Å². The zero-order valence-electron chi connectivity index (χ0n) is 8.69. The van der Waals surface area contributed by atoms with E-state index in [0.29, 0.717) is 23.2 Å². The molecule has 0 aromatic carbocycles. The summed E-state index contributed by atoms with van der Waals surface area (Å²) in [6.45, 7) is 1.34. The van der Waals surface area contributed by atoms with Crippen LogP contribution in [-0.2, 0) is 4.79 Å². The normalized spacial score (nSPS) is 20.1. The molecule has 1 aliphatic heterocycles. The van der Waals surface area contributed by atoms with Gasteiger partial charge in [0.2, 0.25) is 5.91 Å². The molecule has 1 saturated heterocycles. The number of carbonyl (C=O) groups excluding carboxylic acids is 1. The Bertz CT molecular complexity index is 403. The number of pyridine rings is 1. The van der Waals surface area contributed by atoms with Crippen molar-refractivity contribution in [1.29, 1.82) is 0 Å². The predicted octanol–water partition coefficient (Wildman–Crippen LogP) is 0.629. The van der Waals surface area contributed by atoms with E-state index in [2.05, 4.69) is 4.98 Å². The zero-order chi connectivity index (χ0) is 11.7. The van der Waals surface area contributed by atoms with Crippen LogP contribution in [0.25, 0.3) is 0 Å². The molecule has 1 fully saturated rings. The highest BCUT2D eigenvalue weighted by atomic mass is 35.5. The third-order valence-electron chi connectivity index (χ3n) is 2.72. The maximum absolute atomic E-state index is 11.0. The lowest BCUT2D eigenvalue weighted by atomic mass is 10.1. The molecule has 2 rings (SSSR count). The number of primary amides is 1. The number of nitrogen functional groups attached to an aromatic ring is 1. The maximum atomic E-state index is 11.0. The van der Waals surface area contributed by atoms with Gasteiger partial charge in [-0.3, -0.25) is 4.79 Å². The molecule has 1 aromatic heterocycles. The van der Waals surface area contributed by atoms with Crippen LogP contribution in [0.4, 0.5) is 11.5 Å². The quantitative estimate of drug-likeness (QED) is 0.743. The monoisotopic (exact) mass is 240 g/mol. The van der Waals surface area contributed by atoms with Crippen LogP contribution in [0.3, 0.4) is 0 Å². The molecular weight excluding hydrogens is 228 g/mol. The minimum atomic E-state index is -0.266. The number of aromatic nitrogens is 1. The first-order valence-electron chi connectivity index (χ1n) is 5.03. The molecule has 2 heterocycles. The van der Waals surface area contributed by atoms with Crippen molar-refractivity contribution >= 4 is 29.0 Å². The first kappa shape index (κ1) is 11.0. The summed E-state index contributed by atoms with van der Waals surface area (Å²) in [6.07, 6.45) is 0.753. The standard InChI is InChI=1S/C10H13ClN4O/c11-8-3-7(12)4-9(14-8)15-2-1-6(5-15)10(13)16/h3-4,6H,1-2,5H2,(H2,12,14)(H2,13,16). The van der Waals surface area contributed by atoms with E-state index >= 15 is 0 Å². The number of hydrogen-bond donors (Lipinski definition) is 2. The van der Waals surface area contributed by atoms with Gasteiger partial charge in [-0.05, 0) is 12.5 Å². The fourth-order valence-electron chi connectivity index (χ4n) is 1.86. The van der Waals surface area contributed by atoms with Crippen molar-refractivity contribution in [2.75, 3.05) is 23.7 Å². The van der Waals surface area contributed by atoms with Gasteiger partial charge in [0, 0.05) is 24.8 Å². The minimum Gasteiger partial charge on any atom is -0.399 e. The molecule has 86 valence electrons. The number of carbonyl (C=O) groups is 1. The van der Waals surface area contributed by atoms with Crippen LogP contribution in [0.2, 0.25) is 5.15 Å². The molecule has 1 aliphatic rings. The number of hydrogen-bond acceptors (Lipinski definition) is 4. The van der Waals surface area contributed by atoms with E-state index in [-0.39, 0.29) is 11.8 Å². The average molecular weight is 241 g/mol. The summed E-state index contributed by atoms with van der Waals surface area (Å²) in [4.78, 5) is 17.2. The Hall–Kier alpha value is -1.49. The van der Waals surface area contributed by atoms with Gasteiger partial charge in [0.05, 0.1) is 5.92 Å². The molecule has 1 atom stereocenters. The van der Waals surface area contributed by atoms with Crippen molar-refractivity contribution in [3.8, 4) is 0 Å². The second-order valence-electron chi connectivity index (χ2n) is 3.92. The number of amides is 1. The summed E-state index contributed by atoms with van der Waals surface area (Å²) in [5.74, 6) is 0.327. The molecule has 5 nitrogen and oxygen atoms in total. The Morgan fingerprint density at radius 1 is 1.56 bits per heavy atom. The van der Waals surface area contributed by atoms with Gasteiger partial charge in [-0.1, -0.05) is 11.6 Å². The molecule has 0 saturated carbocycles. The SMILES string of the molecule is NC(=O)C1CCN(c2cc(N)cc(Cl)n2)C1. The smallest absolute Gasteiger partial charge is 0.222 e. The lowest BCUT2D eigenvalue weighted by Gasteiger charge is -2.17. The summed E-state index contributed by atoms with van der Waals surface area (Å²) in [6, 6.07) is 3.34. The van der Waals surface area contributed by atoms with Crippen molar-refractivity contribution in [2.45, 2.75) is 6.42 Å². The molecule has 1 unspecified atom stereocenters. The Kier molecular flexibility index (Phi) is 2.87. The lowest BCUT2D eigenvalue weighted by molar-refractivity contribution is -0.121. The number of nitrogens with two attached hydrogens (primary N) is 2. The van der Waals surface area contributed by atoms with Gasteiger partial charge in [-0.15, -0.1) is 0 Å². The first-order chi connectivity index (χ1) is 7.56. The molecule has 1 aromatic rings. The van der Waals surface area contributed by atoms with Gasteiger partial charge in [0.15, 0.2) is 0 Å². The van der Waals surface area contributed by atoms with Crippen molar-refractivity contribution in [1.82, 2.24) is 4.98 Å². The summed E-state index contributed by atoms with van der Waals surface area (Å²) in [5, 5.41) is 0.359. The van der Waals surface area contributed by atoms with Crippen LogP contribution in [-0.4, -0.2) is 24.0 Å². The summed E-state index contributed by atoms with van der Waals surface area (Å²) in [7, 11) is 0. The van der Waals surface area contributed by atoms with Crippen LogP contribution >= 0.6 is 11.6 Å². The average Bonchev–Trinajstić information content (AvgIpc) is 2.64. The number of anilines is 2. The van der Waals surface area contributed by atoms with Crippen LogP contribution in [0.15, 0.2) is 12.1 Å². The van der Waals surface area contributed by atoms with E-state index in [1.54, 1.807) is 12.1 Å². The Balaban J connectivity index is 2.17. The second-order valence-corrected chi connectivity index (χ2v) is 4.30. The van der Waals surface area contributed by atoms with Crippen LogP contribution < -0.4 is 16.4 Å². The fraction of sp³-hybridized carbons (Fsp3) is 0.400. The maximum Gasteiger partial charge on any atom is 0.222 e. The van der Waals surface area contributed by atoms with Gasteiger partial charge in [0.25, 0.3) is 0 Å². The largest absolute Gasteiger partial charge is 0.399 e. The van der Waals surface area contributed by atoms with E-state index in [1.165, 1.54) is 0 Å². The summed E-state index contributed by atoms with van der Waals surface area (Å²) < 4.78 is 0. The highest BCUT2D eigenvalue weighted by Crippen LogP contribution is 2.25. The summed E-state index contributed by atoms with van der Waals surface area (Å²) >= 11 is 5.82. The van der Waals surface area contributed by atoms with Crippen molar-refractivity contribution < 1.29 is 4.79 Å².